The Labute approximate surface area is 88.4 Å². The van der Waals surface area contributed by atoms with Gasteiger partial charge < -0.3 is 5.73 Å². The summed E-state index contributed by atoms with van der Waals surface area (Å²) in [5, 5.41) is 0. The molecular formula is C13H25N. The highest BCUT2D eigenvalue weighted by Gasteiger charge is 2.43. The maximum atomic E-state index is 6.41. The largest absolute Gasteiger partial charge is 0.327 e. The summed E-state index contributed by atoms with van der Waals surface area (Å²) >= 11 is 0. The summed E-state index contributed by atoms with van der Waals surface area (Å²) in [5.74, 6) is 3.58. The van der Waals surface area contributed by atoms with Crippen LogP contribution in [0, 0.1) is 23.7 Å². The molecule has 0 saturated heterocycles. The molecule has 82 valence electrons. The Morgan fingerprint density at radius 1 is 1.21 bits per heavy atom. The molecule has 5 atom stereocenters. The van der Waals surface area contributed by atoms with Crippen LogP contribution in [0.15, 0.2) is 0 Å². The molecule has 1 heteroatoms. The van der Waals surface area contributed by atoms with Crippen molar-refractivity contribution in [3.8, 4) is 0 Å². The van der Waals surface area contributed by atoms with Crippen LogP contribution in [0.4, 0.5) is 0 Å². The van der Waals surface area contributed by atoms with Crippen molar-refractivity contribution < 1.29 is 0 Å². The van der Waals surface area contributed by atoms with E-state index in [0.29, 0.717) is 6.04 Å². The highest BCUT2D eigenvalue weighted by Crippen LogP contribution is 2.46. The van der Waals surface area contributed by atoms with Crippen LogP contribution in [0.3, 0.4) is 0 Å². The molecule has 2 rings (SSSR count). The van der Waals surface area contributed by atoms with Crippen LogP contribution in [0.1, 0.15) is 52.4 Å². The lowest BCUT2D eigenvalue weighted by molar-refractivity contribution is 0.182. The average Bonchev–Trinajstić information content (AvgIpc) is 2.94. The van der Waals surface area contributed by atoms with Gasteiger partial charge in [0, 0.05) is 6.04 Å². The third kappa shape index (κ3) is 1.98. The maximum absolute atomic E-state index is 6.41. The number of hydrogen-bond acceptors (Lipinski definition) is 1. The van der Waals surface area contributed by atoms with Crippen molar-refractivity contribution in [2.24, 2.45) is 29.4 Å². The fourth-order valence-electron chi connectivity index (χ4n) is 3.45. The van der Waals surface area contributed by atoms with E-state index in [-0.39, 0.29) is 0 Å². The van der Waals surface area contributed by atoms with Gasteiger partial charge in [-0.15, -0.1) is 0 Å². The zero-order valence-electron chi connectivity index (χ0n) is 9.71. The Balaban J connectivity index is 1.92. The quantitative estimate of drug-likeness (QED) is 0.735. The lowest BCUT2D eigenvalue weighted by Gasteiger charge is -2.35. The van der Waals surface area contributed by atoms with Crippen LogP contribution in [0.25, 0.3) is 0 Å². The van der Waals surface area contributed by atoms with Gasteiger partial charge in [-0.3, -0.25) is 0 Å². The SMILES string of the molecule is CCC1CCCCC1C(N)C1CC1C. The summed E-state index contributed by atoms with van der Waals surface area (Å²) in [6.45, 7) is 4.69. The zero-order valence-corrected chi connectivity index (χ0v) is 9.71. The van der Waals surface area contributed by atoms with Gasteiger partial charge in [-0.2, -0.15) is 0 Å². The maximum Gasteiger partial charge on any atom is 0.0101 e. The third-order valence-corrected chi connectivity index (χ3v) is 4.65. The van der Waals surface area contributed by atoms with Gasteiger partial charge in [0.15, 0.2) is 0 Å². The third-order valence-electron chi connectivity index (χ3n) is 4.65. The summed E-state index contributed by atoms with van der Waals surface area (Å²) in [6.07, 6.45) is 8.46. The van der Waals surface area contributed by atoms with Crippen LogP contribution in [-0.4, -0.2) is 6.04 Å². The predicted octanol–water partition coefficient (Wildman–Crippen LogP) is 3.19. The van der Waals surface area contributed by atoms with Crippen LogP contribution >= 0.6 is 0 Å². The molecule has 2 aliphatic rings. The van der Waals surface area contributed by atoms with Gasteiger partial charge in [0.1, 0.15) is 0 Å². The number of hydrogen-bond donors (Lipinski definition) is 1. The first kappa shape index (κ1) is 10.5. The van der Waals surface area contributed by atoms with E-state index in [1.54, 1.807) is 0 Å². The molecule has 2 saturated carbocycles. The minimum atomic E-state index is 0.523. The van der Waals surface area contributed by atoms with Crippen molar-refractivity contribution in [2.75, 3.05) is 0 Å². The zero-order chi connectivity index (χ0) is 10.1. The molecule has 0 aromatic carbocycles. The monoisotopic (exact) mass is 195 g/mol. The standard InChI is InChI=1S/C13H25N/c1-3-10-6-4-5-7-11(10)13(14)12-8-9(12)2/h9-13H,3-8,14H2,1-2H3. The lowest BCUT2D eigenvalue weighted by Crippen LogP contribution is -2.38. The van der Waals surface area contributed by atoms with Crippen LogP contribution < -0.4 is 5.73 Å². The Bertz CT molecular complexity index is 190. The van der Waals surface area contributed by atoms with Gasteiger partial charge in [0.05, 0.1) is 0 Å². The average molecular weight is 195 g/mol. The molecule has 1 nitrogen and oxygen atoms in total. The topological polar surface area (TPSA) is 26.0 Å². The number of nitrogens with two attached hydrogens (primary N) is 1. The molecule has 0 radical (unpaired) electrons. The Hall–Kier alpha value is -0.0400. The van der Waals surface area contributed by atoms with Crippen LogP contribution in [0.5, 0.6) is 0 Å². The fourth-order valence-corrected chi connectivity index (χ4v) is 3.45. The summed E-state index contributed by atoms with van der Waals surface area (Å²) in [5.41, 5.74) is 6.41. The summed E-state index contributed by atoms with van der Waals surface area (Å²) in [4.78, 5) is 0. The Kier molecular flexibility index (Phi) is 3.16. The minimum absolute atomic E-state index is 0.523. The minimum Gasteiger partial charge on any atom is -0.327 e. The van der Waals surface area contributed by atoms with Gasteiger partial charge in [0.25, 0.3) is 0 Å². The molecule has 0 aromatic heterocycles. The van der Waals surface area contributed by atoms with E-state index in [2.05, 4.69) is 13.8 Å². The fraction of sp³-hybridized carbons (Fsp3) is 1.00. The molecule has 0 aliphatic heterocycles. The van der Waals surface area contributed by atoms with Crippen molar-refractivity contribution in [1.29, 1.82) is 0 Å². The van der Waals surface area contributed by atoms with Gasteiger partial charge in [0.2, 0.25) is 0 Å². The predicted molar refractivity (Wildman–Crippen MR) is 61.0 cm³/mol. The van der Waals surface area contributed by atoms with E-state index in [9.17, 15) is 0 Å². The van der Waals surface area contributed by atoms with Gasteiger partial charge in [-0.05, 0) is 36.5 Å². The summed E-state index contributed by atoms with van der Waals surface area (Å²) < 4.78 is 0. The molecule has 0 heterocycles. The van der Waals surface area contributed by atoms with E-state index in [1.807, 2.05) is 0 Å². The first-order valence-corrected chi connectivity index (χ1v) is 6.49. The van der Waals surface area contributed by atoms with E-state index >= 15 is 0 Å². The highest BCUT2D eigenvalue weighted by molar-refractivity contribution is 4.96. The molecule has 0 amide bonds. The van der Waals surface area contributed by atoms with E-state index < -0.39 is 0 Å². The Morgan fingerprint density at radius 3 is 2.43 bits per heavy atom. The molecule has 0 spiro atoms. The van der Waals surface area contributed by atoms with Gasteiger partial charge >= 0.3 is 0 Å². The molecule has 2 N–H and O–H groups in total. The number of rotatable bonds is 3. The molecular weight excluding hydrogens is 170 g/mol. The molecule has 0 aromatic rings. The first-order valence-electron chi connectivity index (χ1n) is 6.49. The molecule has 0 bridgehead atoms. The van der Waals surface area contributed by atoms with Gasteiger partial charge in [-0.25, -0.2) is 0 Å². The smallest absolute Gasteiger partial charge is 0.0101 e. The lowest BCUT2D eigenvalue weighted by atomic mass is 9.73. The molecule has 2 fully saturated rings. The summed E-state index contributed by atoms with van der Waals surface area (Å²) in [6, 6.07) is 0.523. The van der Waals surface area contributed by atoms with Crippen molar-refractivity contribution in [3.63, 3.8) is 0 Å². The second-order valence-electron chi connectivity index (χ2n) is 5.57. The van der Waals surface area contributed by atoms with Crippen molar-refractivity contribution >= 4 is 0 Å². The van der Waals surface area contributed by atoms with E-state index in [1.165, 1.54) is 38.5 Å². The van der Waals surface area contributed by atoms with Crippen molar-refractivity contribution in [1.82, 2.24) is 0 Å². The van der Waals surface area contributed by atoms with Crippen molar-refractivity contribution in [2.45, 2.75) is 58.4 Å². The van der Waals surface area contributed by atoms with Crippen molar-refractivity contribution in [3.05, 3.63) is 0 Å². The second-order valence-corrected chi connectivity index (χ2v) is 5.57. The van der Waals surface area contributed by atoms with Crippen LogP contribution in [0.2, 0.25) is 0 Å². The van der Waals surface area contributed by atoms with E-state index in [4.69, 9.17) is 5.73 Å². The molecule has 2 aliphatic carbocycles. The van der Waals surface area contributed by atoms with E-state index in [0.717, 1.165) is 23.7 Å². The Morgan fingerprint density at radius 2 is 1.86 bits per heavy atom. The summed E-state index contributed by atoms with van der Waals surface area (Å²) in [7, 11) is 0. The van der Waals surface area contributed by atoms with Crippen LogP contribution in [-0.2, 0) is 0 Å². The molecule has 14 heavy (non-hydrogen) atoms. The van der Waals surface area contributed by atoms with Gasteiger partial charge in [-0.1, -0.05) is 39.5 Å². The second kappa shape index (κ2) is 4.22. The first-order chi connectivity index (χ1) is 6.74. The highest BCUT2D eigenvalue weighted by atomic mass is 14.7. The normalized spacial score (nSPS) is 44.8. The molecule has 5 unspecified atom stereocenters.